The molecule has 0 aromatic carbocycles. The normalized spacial score (nSPS) is 14.0. The van der Waals surface area contributed by atoms with E-state index in [0.29, 0.717) is 19.3 Å². The van der Waals surface area contributed by atoms with Gasteiger partial charge in [-0.05, 0) is 25.0 Å². The largest absolute Gasteiger partial charge is 0.469 e. The summed E-state index contributed by atoms with van der Waals surface area (Å²) >= 11 is 0. The Morgan fingerprint density at radius 3 is 2.73 bits per heavy atom. The van der Waals surface area contributed by atoms with Gasteiger partial charge in [0.1, 0.15) is 15.6 Å². The van der Waals surface area contributed by atoms with E-state index < -0.39 is 15.9 Å². The fourth-order valence-electron chi connectivity index (χ4n) is 1.26. The fourth-order valence-corrected chi connectivity index (χ4v) is 1.96. The van der Waals surface area contributed by atoms with Crippen LogP contribution >= 0.6 is 0 Å². The molecule has 0 saturated heterocycles. The van der Waals surface area contributed by atoms with Gasteiger partial charge in [0, 0.05) is 12.7 Å². The maximum Gasteiger partial charge on any atom is 0.147 e. The molecule has 0 saturated carbocycles. The molecule has 4 nitrogen and oxygen atoms in total. The van der Waals surface area contributed by atoms with Gasteiger partial charge in [-0.1, -0.05) is 0 Å². The molecule has 15 heavy (non-hydrogen) atoms. The fraction of sp³-hybridized carbons (Fsp3) is 0.600. The molecule has 1 aromatic rings. The minimum absolute atomic E-state index is 0.0340. The molecule has 0 bridgehead atoms. The Balaban J connectivity index is 2.22. The van der Waals surface area contributed by atoms with Crippen molar-refractivity contribution in [3.05, 3.63) is 24.2 Å². The van der Waals surface area contributed by atoms with Crippen LogP contribution in [0.1, 0.15) is 18.6 Å². The molecule has 0 aliphatic heterocycles. The molecule has 5 heteroatoms. The number of hydrogen-bond acceptors (Lipinski definition) is 4. The lowest BCUT2D eigenvalue weighted by molar-refractivity contribution is 0.159. The van der Waals surface area contributed by atoms with Crippen molar-refractivity contribution >= 4 is 9.84 Å². The van der Waals surface area contributed by atoms with E-state index in [2.05, 4.69) is 0 Å². The van der Waals surface area contributed by atoms with Crippen LogP contribution in [-0.2, 0) is 16.3 Å². The first-order valence-electron chi connectivity index (χ1n) is 4.85. The third-order valence-electron chi connectivity index (χ3n) is 2.13. The summed E-state index contributed by atoms with van der Waals surface area (Å²) in [5.41, 5.74) is 0. The van der Waals surface area contributed by atoms with E-state index in [9.17, 15) is 13.5 Å². The summed E-state index contributed by atoms with van der Waals surface area (Å²) in [6.45, 7) is 0. The predicted octanol–water partition coefficient (Wildman–Crippen LogP) is 1.01. The second kappa shape index (κ2) is 5.32. The van der Waals surface area contributed by atoms with Crippen molar-refractivity contribution in [3.8, 4) is 0 Å². The van der Waals surface area contributed by atoms with Gasteiger partial charge in [0.05, 0.1) is 18.1 Å². The summed E-state index contributed by atoms with van der Waals surface area (Å²) < 4.78 is 26.8. The smallest absolute Gasteiger partial charge is 0.147 e. The zero-order valence-electron chi connectivity index (χ0n) is 8.72. The second-order valence-corrected chi connectivity index (χ2v) is 5.95. The van der Waals surface area contributed by atoms with Crippen LogP contribution in [0.15, 0.2) is 22.8 Å². The van der Waals surface area contributed by atoms with Crippen molar-refractivity contribution in [1.29, 1.82) is 0 Å². The van der Waals surface area contributed by atoms with Crippen LogP contribution < -0.4 is 0 Å². The molecule has 1 atom stereocenters. The molecule has 0 radical (unpaired) electrons. The minimum atomic E-state index is -2.97. The van der Waals surface area contributed by atoms with Crippen molar-refractivity contribution in [2.45, 2.75) is 25.4 Å². The molecule has 1 unspecified atom stereocenters. The average molecular weight is 232 g/mol. The first kappa shape index (κ1) is 12.3. The molecule has 1 heterocycles. The van der Waals surface area contributed by atoms with Gasteiger partial charge in [0.15, 0.2) is 0 Å². The molecule has 86 valence electrons. The molecule has 0 fully saturated rings. The molecular formula is C10H16O4S. The van der Waals surface area contributed by atoms with Crippen LogP contribution in [0.5, 0.6) is 0 Å². The summed E-state index contributed by atoms with van der Waals surface area (Å²) in [5, 5.41) is 9.51. The first-order chi connectivity index (χ1) is 6.97. The minimum Gasteiger partial charge on any atom is -0.469 e. The lowest BCUT2D eigenvalue weighted by atomic mass is 10.1. The summed E-state index contributed by atoms with van der Waals surface area (Å²) in [6, 6.07) is 3.63. The third-order valence-corrected chi connectivity index (χ3v) is 3.10. The van der Waals surface area contributed by atoms with Gasteiger partial charge in [0.2, 0.25) is 0 Å². The molecule has 1 rings (SSSR count). The van der Waals surface area contributed by atoms with Crippen molar-refractivity contribution in [2.24, 2.45) is 0 Å². The number of furan rings is 1. The van der Waals surface area contributed by atoms with Gasteiger partial charge >= 0.3 is 0 Å². The summed E-state index contributed by atoms with van der Waals surface area (Å²) in [4.78, 5) is 0. The highest BCUT2D eigenvalue weighted by Crippen LogP contribution is 2.08. The van der Waals surface area contributed by atoms with E-state index >= 15 is 0 Å². The highest BCUT2D eigenvalue weighted by Gasteiger charge is 2.10. The Bertz CT molecular complexity index is 366. The van der Waals surface area contributed by atoms with E-state index in [1.807, 2.05) is 6.07 Å². The number of aryl methyl sites for hydroxylation is 1. The number of rotatable bonds is 6. The van der Waals surface area contributed by atoms with E-state index in [0.717, 1.165) is 5.76 Å². The summed E-state index contributed by atoms with van der Waals surface area (Å²) in [7, 11) is -2.97. The zero-order valence-corrected chi connectivity index (χ0v) is 9.53. The summed E-state index contributed by atoms with van der Waals surface area (Å²) in [6.07, 6.45) is 3.63. The Kier molecular flexibility index (Phi) is 4.35. The van der Waals surface area contributed by atoms with Crippen LogP contribution in [-0.4, -0.2) is 31.6 Å². The number of hydrogen-bond donors (Lipinski definition) is 1. The summed E-state index contributed by atoms with van der Waals surface area (Å²) in [5.74, 6) is 0.847. The molecule has 0 amide bonds. The average Bonchev–Trinajstić information content (AvgIpc) is 2.62. The van der Waals surface area contributed by atoms with Crippen molar-refractivity contribution in [1.82, 2.24) is 0 Å². The molecule has 0 aliphatic carbocycles. The highest BCUT2D eigenvalue weighted by molar-refractivity contribution is 7.90. The number of aliphatic hydroxyl groups is 1. The maximum atomic E-state index is 10.8. The third kappa shape index (κ3) is 5.59. The van der Waals surface area contributed by atoms with Gasteiger partial charge < -0.3 is 9.52 Å². The molecular weight excluding hydrogens is 216 g/mol. The van der Waals surface area contributed by atoms with Gasteiger partial charge in [-0.2, -0.15) is 0 Å². The first-order valence-corrected chi connectivity index (χ1v) is 6.91. The van der Waals surface area contributed by atoms with E-state index in [1.165, 1.54) is 6.26 Å². The van der Waals surface area contributed by atoms with Crippen molar-refractivity contribution < 1.29 is 17.9 Å². The zero-order chi connectivity index (χ0) is 11.3. The van der Waals surface area contributed by atoms with Gasteiger partial charge in [-0.25, -0.2) is 8.42 Å². The van der Waals surface area contributed by atoms with Gasteiger partial charge in [0.25, 0.3) is 0 Å². The Hall–Kier alpha value is -0.810. The molecule has 1 N–H and O–H groups in total. The number of aliphatic hydroxyl groups excluding tert-OH is 1. The van der Waals surface area contributed by atoms with Crippen molar-refractivity contribution in [3.63, 3.8) is 0 Å². The van der Waals surface area contributed by atoms with Gasteiger partial charge in [-0.3, -0.25) is 0 Å². The van der Waals surface area contributed by atoms with E-state index in [1.54, 1.807) is 12.3 Å². The topological polar surface area (TPSA) is 67.5 Å². The van der Waals surface area contributed by atoms with Crippen molar-refractivity contribution in [2.75, 3.05) is 12.0 Å². The van der Waals surface area contributed by atoms with E-state index in [-0.39, 0.29) is 5.75 Å². The number of sulfone groups is 1. The Labute approximate surface area is 89.8 Å². The van der Waals surface area contributed by atoms with Crippen LogP contribution in [0, 0.1) is 0 Å². The highest BCUT2D eigenvalue weighted by atomic mass is 32.2. The van der Waals surface area contributed by atoms with Gasteiger partial charge in [-0.15, -0.1) is 0 Å². The monoisotopic (exact) mass is 232 g/mol. The lowest BCUT2D eigenvalue weighted by Crippen LogP contribution is -2.14. The van der Waals surface area contributed by atoms with Crippen LogP contribution in [0.25, 0.3) is 0 Å². The molecule has 0 spiro atoms. The molecule has 0 aliphatic rings. The Morgan fingerprint density at radius 1 is 1.47 bits per heavy atom. The Morgan fingerprint density at radius 2 is 2.20 bits per heavy atom. The van der Waals surface area contributed by atoms with Crippen LogP contribution in [0.4, 0.5) is 0 Å². The molecule has 1 aromatic heterocycles. The van der Waals surface area contributed by atoms with E-state index in [4.69, 9.17) is 4.42 Å². The second-order valence-electron chi connectivity index (χ2n) is 3.69. The van der Waals surface area contributed by atoms with Crippen LogP contribution in [0.3, 0.4) is 0 Å². The van der Waals surface area contributed by atoms with Crippen LogP contribution in [0.2, 0.25) is 0 Å². The SMILES string of the molecule is CS(=O)(=O)CCC(O)CCc1ccco1. The quantitative estimate of drug-likeness (QED) is 0.794. The maximum absolute atomic E-state index is 10.8. The predicted molar refractivity (Wildman–Crippen MR) is 57.4 cm³/mol. The standard InChI is InChI=1S/C10H16O4S/c1-15(12,13)8-6-9(11)4-5-10-3-2-7-14-10/h2-3,7,9,11H,4-6,8H2,1H3. The lowest BCUT2D eigenvalue weighted by Gasteiger charge is -2.08.